The van der Waals surface area contributed by atoms with E-state index in [9.17, 15) is 0 Å². The summed E-state index contributed by atoms with van der Waals surface area (Å²) in [7, 11) is 0. The van der Waals surface area contributed by atoms with Gasteiger partial charge in [0.15, 0.2) is 0 Å². The van der Waals surface area contributed by atoms with Gasteiger partial charge in [0.2, 0.25) is 0 Å². The van der Waals surface area contributed by atoms with Gasteiger partial charge in [0.25, 0.3) is 0 Å². The van der Waals surface area contributed by atoms with Gasteiger partial charge in [0.1, 0.15) is 0 Å². The standard InChI is InChI=1S/C8H11NO.ClH/c1-7-8(4-6-10)3-2-5-9-7;/h2-3,5,10H,4,6H2,1H3;1H. The number of aliphatic hydroxyl groups excluding tert-OH is 1. The summed E-state index contributed by atoms with van der Waals surface area (Å²) < 4.78 is 0. The minimum Gasteiger partial charge on any atom is -0.396 e. The number of hydrogen-bond acceptors (Lipinski definition) is 2. The fourth-order valence-corrected chi connectivity index (χ4v) is 0.902. The summed E-state index contributed by atoms with van der Waals surface area (Å²) in [4.78, 5) is 4.09. The van der Waals surface area contributed by atoms with Gasteiger partial charge in [-0.2, -0.15) is 0 Å². The molecule has 0 saturated heterocycles. The summed E-state index contributed by atoms with van der Waals surface area (Å²) in [6, 6.07) is 3.87. The fourth-order valence-electron chi connectivity index (χ4n) is 0.902. The first-order chi connectivity index (χ1) is 4.84. The molecule has 0 unspecified atom stereocenters. The van der Waals surface area contributed by atoms with Crippen molar-refractivity contribution in [2.24, 2.45) is 0 Å². The quantitative estimate of drug-likeness (QED) is 0.733. The minimum atomic E-state index is 0. The molecule has 1 heterocycles. The van der Waals surface area contributed by atoms with Crippen LogP contribution in [0.2, 0.25) is 0 Å². The molecule has 0 aromatic carbocycles. The number of aromatic nitrogens is 1. The number of aryl methyl sites for hydroxylation is 1. The molecule has 62 valence electrons. The number of hydrogen-bond donors (Lipinski definition) is 1. The van der Waals surface area contributed by atoms with E-state index in [4.69, 9.17) is 5.11 Å². The highest BCUT2D eigenvalue weighted by atomic mass is 35.5. The average molecular weight is 174 g/mol. The first-order valence-corrected chi connectivity index (χ1v) is 3.36. The van der Waals surface area contributed by atoms with Gasteiger partial charge in [-0.25, -0.2) is 0 Å². The van der Waals surface area contributed by atoms with E-state index in [1.165, 1.54) is 0 Å². The third-order valence-electron chi connectivity index (χ3n) is 1.50. The van der Waals surface area contributed by atoms with Gasteiger partial charge >= 0.3 is 0 Å². The largest absolute Gasteiger partial charge is 0.396 e. The summed E-state index contributed by atoms with van der Waals surface area (Å²) in [5, 5.41) is 8.62. The molecule has 0 aliphatic carbocycles. The van der Waals surface area contributed by atoms with Gasteiger partial charge in [0, 0.05) is 18.5 Å². The maximum absolute atomic E-state index is 8.62. The Morgan fingerprint density at radius 1 is 1.55 bits per heavy atom. The molecule has 0 amide bonds. The van der Waals surface area contributed by atoms with Crippen molar-refractivity contribution >= 4 is 12.4 Å². The van der Waals surface area contributed by atoms with Gasteiger partial charge < -0.3 is 5.11 Å². The van der Waals surface area contributed by atoms with Gasteiger partial charge in [-0.05, 0) is 25.0 Å². The number of nitrogens with zero attached hydrogens (tertiary/aromatic N) is 1. The Bertz CT molecular complexity index is 215. The molecule has 3 heteroatoms. The minimum absolute atomic E-state index is 0. The normalized spacial score (nSPS) is 8.91. The van der Waals surface area contributed by atoms with Crippen molar-refractivity contribution in [3.8, 4) is 0 Å². The Balaban J connectivity index is 0.000001000. The molecule has 2 nitrogen and oxygen atoms in total. The third kappa shape index (κ3) is 2.87. The van der Waals surface area contributed by atoms with Gasteiger partial charge in [-0.15, -0.1) is 12.4 Å². The third-order valence-corrected chi connectivity index (χ3v) is 1.50. The lowest BCUT2D eigenvalue weighted by Gasteiger charge is -1.99. The van der Waals surface area contributed by atoms with Crippen LogP contribution in [-0.2, 0) is 6.42 Å². The lowest BCUT2D eigenvalue weighted by Crippen LogP contribution is -1.94. The number of rotatable bonds is 2. The molecule has 1 rings (SSSR count). The van der Waals surface area contributed by atoms with E-state index in [1.807, 2.05) is 19.1 Å². The van der Waals surface area contributed by atoms with Crippen LogP contribution in [0.3, 0.4) is 0 Å². The summed E-state index contributed by atoms with van der Waals surface area (Å²) in [5.41, 5.74) is 2.14. The average Bonchev–Trinajstić information content (AvgIpc) is 1.94. The molecule has 0 aliphatic rings. The van der Waals surface area contributed by atoms with Gasteiger partial charge in [-0.3, -0.25) is 4.98 Å². The molecule has 0 bridgehead atoms. The molecule has 0 fully saturated rings. The molecule has 1 aromatic rings. The van der Waals surface area contributed by atoms with Crippen LogP contribution in [0.25, 0.3) is 0 Å². The van der Waals surface area contributed by atoms with Crippen molar-refractivity contribution in [1.29, 1.82) is 0 Å². The highest BCUT2D eigenvalue weighted by Crippen LogP contribution is 2.02. The maximum Gasteiger partial charge on any atom is 0.0472 e. The van der Waals surface area contributed by atoms with E-state index in [-0.39, 0.29) is 19.0 Å². The summed E-state index contributed by atoms with van der Waals surface area (Å²) in [5.74, 6) is 0. The number of aliphatic hydroxyl groups is 1. The number of halogens is 1. The summed E-state index contributed by atoms with van der Waals surface area (Å²) >= 11 is 0. The Morgan fingerprint density at radius 2 is 2.27 bits per heavy atom. The Morgan fingerprint density at radius 3 is 2.82 bits per heavy atom. The smallest absolute Gasteiger partial charge is 0.0472 e. The van der Waals surface area contributed by atoms with E-state index < -0.39 is 0 Å². The first-order valence-electron chi connectivity index (χ1n) is 3.36. The van der Waals surface area contributed by atoms with Crippen molar-refractivity contribution < 1.29 is 5.11 Å². The van der Waals surface area contributed by atoms with Crippen molar-refractivity contribution in [2.45, 2.75) is 13.3 Å². The maximum atomic E-state index is 8.62. The topological polar surface area (TPSA) is 33.1 Å². The molecule has 1 N–H and O–H groups in total. The highest BCUT2D eigenvalue weighted by molar-refractivity contribution is 5.85. The van der Waals surface area contributed by atoms with Crippen molar-refractivity contribution in [1.82, 2.24) is 4.98 Å². The lowest BCUT2D eigenvalue weighted by molar-refractivity contribution is 0.299. The zero-order valence-electron chi connectivity index (χ0n) is 6.45. The van der Waals surface area contributed by atoms with Crippen LogP contribution in [0, 0.1) is 6.92 Å². The molecular weight excluding hydrogens is 162 g/mol. The molecule has 0 saturated carbocycles. The predicted octanol–water partition coefficient (Wildman–Crippen LogP) is 1.35. The second-order valence-electron chi connectivity index (χ2n) is 2.22. The SMILES string of the molecule is Cc1ncccc1CCO.Cl. The van der Waals surface area contributed by atoms with E-state index in [0.29, 0.717) is 6.42 Å². The van der Waals surface area contributed by atoms with Crippen LogP contribution in [0.15, 0.2) is 18.3 Å². The van der Waals surface area contributed by atoms with Crippen LogP contribution in [0.4, 0.5) is 0 Å². The second-order valence-corrected chi connectivity index (χ2v) is 2.22. The Hall–Kier alpha value is -0.600. The monoisotopic (exact) mass is 173 g/mol. The van der Waals surface area contributed by atoms with Crippen LogP contribution in [-0.4, -0.2) is 16.7 Å². The van der Waals surface area contributed by atoms with E-state index in [2.05, 4.69) is 4.98 Å². The first kappa shape index (κ1) is 10.4. The molecule has 0 spiro atoms. The molecule has 11 heavy (non-hydrogen) atoms. The Labute approximate surface area is 72.7 Å². The van der Waals surface area contributed by atoms with Gasteiger partial charge in [-0.1, -0.05) is 6.07 Å². The zero-order valence-corrected chi connectivity index (χ0v) is 7.27. The van der Waals surface area contributed by atoms with E-state index >= 15 is 0 Å². The lowest BCUT2D eigenvalue weighted by atomic mass is 10.1. The molecular formula is C8H12ClNO. The predicted molar refractivity (Wildman–Crippen MR) is 47.0 cm³/mol. The Kier molecular flexibility index (Phi) is 4.83. The fraction of sp³-hybridized carbons (Fsp3) is 0.375. The van der Waals surface area contributed by atoms with Crippen LogP contribution >= 0.6 is 12.4 Å². The van der Waals surface area contributed by atoms with Gasteiger partial charge in [0.05, 0.1) is 0 Å². The zero-order chi connectivity index (χ0) is 7.40. The van der Waals surface area contributed by atoms with Crippen LogP contribution in [0.1, 0.15) is 11.3 Å². The molecule has 0 atom stereocenters. The highest BCUT2D eigenvalue weighted by Gasteiger charge is 1.94. The molecule has 0 radical (unpaired) electrons. The van der Waals surface area contributed by atoms with E-state index in [1.54, 1.807) is 6.20 Å². The van der Waals surface area contributed by atoms with Crippen molar-refractivity contribution in [2.75, 3.05) is 6.61 Å². The van der Waals surface area contributed by atoms with Crippen molar-refractivity contribution in [3.05, 3.63) is 29.6 Å². The molecule has 1 aromatic heterocycles. The second kappa shape index (κ2) is 5.10. The van der Waals surface area contributed by atoms with Crippen molar-refractivity contribution in [3.63, 3.8) is 0 Å². The summed E-state index contributed by atoms with van der Waals surface area (Å²) in [6.07, 6.45) is 2.47. The molecule has 0 aliphatic heterocycles. The van der Waals surface area contributed by atoms with Crippen LogP contribution < -0.4 is 0 Å². The number of pyridine rings is 1. The van der Waals surface area contributed by atoms with Crippen LogP contribution in [0.5, 0.6) is 0 Å². The van der Waals surface area contributed by atoms with E-state index in [0.717, 1.165) is 11.3 Å². The summed E-state index contributed by atoms with van der Waals surface area (Å²) in [6.45, 7) is 2.15.